The molecule has 2 aromatic carbocycles. The molecule has 0 aliphatic carbocycles. The number of carbonyl (C=O) groups excluding carboxylic acids is 3. The Morgan fingerprint density at radius 3 is 2.24 bits per heavy atom. The van der Waals surface area contributed by atoms with E-state index >= 15 is 0 Å². The van der Waals surface area contributed by atoms with E-state index in [1.807, 2.05) is 12.1 Å². The van der Waals surface area contributed by atoms with E-state index in [1.165, 1.54) is 13.8 Å². The van der Waals surface area contributed by atoms with Crippen molar-refractivity contribution in [3.8, 4) is 11.5 Å². The molecule has 7 nitrogen and oxygen atoms in total. The average Bonchev–Trinajstić information content (AvgIpc) is 2.71. The monoisotopic (exact) mass is 399 g/mol. The largest absolute Gasteiger partial charge is 0.497 e. The molecule has 0 heterocycles. The third-order valence-corrected chi connectivity index (χ3v) is 4.24. The number of ketones is 1. The molecule has 2 rings (SSSR count). The van der Waals surface area contributed by atoms with E-state index in [0.717, 1.165) is 5.56 Å². The molecule has 0 aliphatic rings. The van der Waals surface area contributed by atoms with Crippen molar-refractivity contribution in [1.82, 2.24) is 0 Å². The highest BCUT2D eigenvalue weighted by atomic mass is 16.5. The molecule has 1 atom stereocenters. The number of Topliss-reactive ketones (excluding diaryl/α,β-unsaturated/α-hetero) is 1. The maximum Gasteiger partial charge on any atom is 0.306 e. The van der Waals surface area contributed by atoms with Crippen molar-refractivity contribution < 1.29 is 28.6 Å². The van der Waals surface area contributed by atoms with Crippen LogP contribution in [0, 0.1) is 0 Å². The van der Waals surface area contributed by atoms with Crippen LogP contribution in [-0.2, 0) is 20.7 Å². The second-order valence-electron chi connectivity index (χ2n) is 6.48. The number of hydrogen-bond donors (Lipinski definition) is 1. The molecule has 0 bridgehead atoms. The second kappa shape index (κ2) is 10.3. The fourth-order valence-corrected chi connectivity index (χ4v) is 2.63. The highest BCUT2D eigenvalue weighted by molar-refractivity contribution is 5.98. The normalized spacial score (nSPS) is 11.3. The average molecular weight is 399 g/mol. The number of nitrogens with one attached hydrogen (secondary N) is 1. The molecule has 0 spiro atoms. The maximum absolute atomic E-state index is 12.3. The zero-order valence-electron chi connectivity index (χ0n) is 17.0. The van der Waals surface area contributed by atoms with Gasteiger partial charge in [0.25, 0.3) is 5.91 Å². The molecule has 0 fully saturated rings. The van der Waals surface area contributed by atoms with Crippen molar-refractivity contribution in [3.63, 3.8) is 0 Å². The van der Waals surface area contributed by atoms with Crippen LogP contribution in [0.2, 0.25) is 0 Å². The lowest BCUT2D eigenvalue weighted by Crippen LogP contribution is -2.30. The van der Waals surface area contributed by atoms with Gasteiger partial charge in [0.05, 0.1) is 14.2 Å². The first-order valence-corrected chi connectivity index (χ1v) is 9.15. The van der Waals surface area contributed by atoms with Crippen LogP contribution < -0.4 is 14.8 Å². The first kappa shape index (κ1) is 21.9. The van der Waals surface area contributed by atoms with Crippen LogP contribution in [0.3, 0.4) is 0 Å². The van der Waals surface area contributed by atoms with Gasteiger partial charge in [-0.2, -0.15) is 0 Å². The van der Waals surface area contributed by atoms with E-state index in [0.29, 0.717) is 29.2 Å². The topological polar surface area (TPSA) is 90.9 Å². The van der Waals surface area contributed by atoms with E-state index in [9.17, 15) is 14.4 Å². The van der Waals surface area contributed by atoms with Crippen molar-refractivity contribution in [2.24, 2.45) is 0 Å². The van der Waals surface area contributed by atoms with Crippen molar-refractivity contribution >= 4 is 23.3 Å². The van der Waals surface area contributed by atoms with Gasteiger partial charge in [-0.3, -0.25) is 14.4 Å². The van der Waals surface area contributed by atoms with Gasteiger partial charge in [-0.1, -0.05) is 12.1 Å². The number of ether oxygens (including phenoxy) is 3. The fraction of sp³-hybridized carbons (Fsp3) is 0.318. The third-order valence-electron chi connectivity index (χ3n) is 4.24. The number of carbonyl (C=O) groups is 3. The lowest BCUT2D eigenvalue weighted by molar-refractivity contribution is -0.153. The Balaban J connectivity index is 1.89. The molecule has 0 aromatic heterocycles. The summed E-state index contributed by atoms with van der Waals surface area (Å²) in [7, 11) is 3.11. The summed E-state index contributed by atoms with van der Waals surface area (Å²) in [5.41, 5.74) is 1.81. The summed E-state index contributed by atoms with van der Waals surface area (Å²) in [6.45, 7) is 2.94. The molecule has 29 heavy (non-hydrogen) atoms. The zero-order valence-corrected chi connectivity index (χ0v) is 17.0. The SMILES string of the molecule is COc1cc(CCC(=O)O[C@@H](C)C(=O)Nc2cccc(C(C)=O)c2)cc(OC)c1. The summed E-state index contributed by atoms with van der Waals surface area (Å²) in [6, 6.07) is 11.9. The Hall–Kier alpha value is -3.35. The number of methoxy groups -OCH3 is 2. The van der Waals surface area contributed by atoms with Gasteiger partial charge < -0.3 is 19.5 Å². The highest BCUT2D eigenvalue weighted by Crippen LogP contribution is 2.23. The van der Waals surface area contributed by atoms with Gasteiger partial charge in [-0.15, -0.1) is 0 Å². The number of hydrogen-bond acceptors (Lipinski definition) is 6. The zero-order chi connectivity index (χ0) is 21.4. The third kappa shape index (κ3) is 6.64. The van der Waals surface area contributed by atoms with Gasteiger partial charge in [0.2, 0.25) is 0 Å². The highest BCUT2D eigenvalue weighted by Gasteiger charge is 2.18. The number of benzene rings is 2. The van der Waals surface area contributed by atoms with Crippen LogP contribution in [0.4, 0.5) is 5.69 Å². The molecule has 0 saturated carbocycles. The van der Waals surface area contributed by atoms with Gasteiger partial charge in [0.15, 0.2) is 11.9 Å². The lowest BCUT2D eigenvalue weighted by atomic mass is 10.1. The molecule has 1 N–H and O–H groups in total. The quantitative estimate of drug-likeness (QED) is 0.513. The Kier molecular flexibility index (Phi) is 7.77. The second-order valence-corrected chi connectivity index (χ2v) is 6.48. The Labute approximate surface area is 170 Å². The lowest BCUT2D eigenvalue weighted by Gasteiger charge is -2.14. The number of amides is 1. The first-order valence-electron chi connectivity index (χ1n) is 9.15. The standard InChI is InChI=1S/C22H25NO6/c1-14(24)17-6-5-7-18(12-17)23-22(26)15(2)29-21(25)9-8-16-10-19(27-3)13-20(11-16)28-4/h5-7,10-13,15H,8-9H2,1-4H3,(H,23,26)/t15-/m0/s1. The van der Waals surface area contributed by atoms with Crippen molar-refractivity contribution in [3.05, 3.63) is 53.6 Å². The first-order chi connectivity index (χ1) is 13.8. The van der Waals surface area contributed by atoms with E-state index in [1.54, 1.807) is 44.6 Å². The molecule has 154 valence electrons. The van der Waals surface area contributed by atoms with Crippen LogP contribution in [-0.4, -0.2) is 38.0 Å². The van der Waals surface area contributed by atoms with Gasteiger partial charge in [-0.05, 0) is 50.1 Å². The molecule has 0 unspecified atom stereocenters. The minimum atomic E-state index is -0.969. The minimum Gasteiger partial charge on any atom is -0.497 e. The Morgan fingerprint density at radius 2 is 1.66 bits per heavy atom. The predicted octanol–water partition coefficient (Wildman–Crippen LogP) is 3.41. The molecule has 1 amide bonds. The van der Waals surface area contributed by atoms with E-state index in [-0.39, 0.29) is 12.2 Å². The molecule has 2 aromatic rings. The van der Waals surface area contributed by atoms with Gasteiger partial charge in [0, 0.05) is 23.7 Å². The number of esters is 1. The fourth-order valence-electron chi connectivity index (χ4n) is 2.63. The number of anilines is 1. The van der Waals surface area contributed by atoms with Crippen LogP contribution in [0.25, 0.3) is 0 Å². The minimum absolute atomic E-state index is 0.102. The molecule has 0 saturated heterocycles. The van der Waals surface area contributed by atoms with Crippen LogP contribution in [0.15, 0.2) is 42.5 Å². The van der Waals surface area contributed by atoms with Crippen molar-refractivity contribution in [1.29, 1.82) is 0 Å². The number of aryl methyl sites for hydroxylation is 1. The molecular formula is C22H25NO6. The van der Waals surface area contributed by atoms with Crippen molar-refractivity contribution in [2.45, 2.75) is 32.8 Å². The molecular weight excluding hydrogens is 374 g/mol. The van der Waals surface area contributed by atoms with E-state index in [2.05, 4.69) is 5.32 Å². The summed E-state index contributed by atoms with van der Waals surface area (Å²) >= 11 is 0. The predicted molar refractivity (Wildman–Crippen MR) is 108 cm³/mol. The Morgan fingerprint density at radius 1 is 1.00 bits per heavy atom. The summed E-state index contributed by atoms with van der Waals surface area (Å²) in [4.78, 5) is 35.8. The van der Waals surface area contributed by atoms with Crippen LogP contribution in [0.5, 0.6) is 11.5 Å². The van der Waals surface area contributed by atoms with Gasteiger partial charge >= 0.3 is 5.97 Å². The van der Waals surface area contributed by atoms with E-state index in [4.69, 9.17) is 14.2 Å². The smallest absolute Gasteiger partial charge is 0.306 e. The molecule has 7 heteroatoms. The summed E-state index contributed by atoms with van der Waals surface area (Å²) in [5.74, 6) is 0.199. The summed E-state index contributed by atoms with van der Waals surface area (Å²) < 4.78 is 15.6. The Bertz CT molecular complexity index is 870. The van der Waals surface area contributed by atoms with Crippen LogP contribution >= 0.6 is 0 Å². The summed E-state index contributed by atoms with van der Waals surface area (Å²) in [6.07, 6.45) is -0.446. The van der Waals surface area contributed by atoms with E-state index < -0.39 is 18.0 Å². The maximum atomic E-state index is 12.3. The van der Waals surface area contributed by atoms with Gasteiger partial charge in [0.1, 0.15) is 11.5 Å². The van der Waals surface area contributed by atoms with Gasteiger partial charge in [-0.25, -0.2) is 0 Å². The molecule has 0 aliphatic heterocycles. The van der Waals surface area contributed by atoms with Crippen molar-refractivity contribution in [2.75, 3.05) is 19.5 Å². The molecule has 0 radical (unpaired) electrons. The number of rotatable bonds is 9. The summed E-state index contributed by atoms with van der Waals surface area (Å²) in [5, 5.41) is 2.64. The van der Waals surface area contributed by atoms with Crippen LogP contribution in [0.1, 0.15) is 36.2 Å².